The van der Waals surface area contributed by atoms with E-state index in [4.69, 9.17) is 13.0 Å². The third-order valence-corrected chi connectivity index (χ3v) is 6.19. The van der Waals surface area contributed by atoms with E-state index in [1.54, 1.807) is 0 Å². The summed E-state index contributed by atoms with van der Waals surface area (Å²) < 4.78 is 42.4. The molecule has 0 fully saturated rings. The molecule has 3 N–H and O–H groups in total. The number of carboxylic acid groups (broad SMARTS) is 1. The highest BCUT2D eigenvalue weighted by Crippen LogP contribution is 2.36. The average molecular weight is 505 g/mol. The van der Waals surface area contributed by atoms with Crippen LogP contribution in [0.1, 0.15) is 39.8 Å². The molecule has 1 atom stereocenters. The predicted molar refractivity (Wildman–Crippen MR) is 118 cm³/mol. The second-order valence-corrected chi connectivity index (χ2v) is 8.41. The lowest BCUT2D eigenvalue weighted by atomic mass is 10.0. The molecule has 1 aliphatic rings. The number of amides is 2. The van der Waals surface area contributed by atoms with Crippen LogP contribution in [0, 0.1) is 11.6 Å². The van der Waals surface area contributed by atoms with E-state index < -0.39 is 47.8 Å². The third-order valence-electron chi connectivity index (χ3n) is 5.04. The number of fused-ring (bicyclic) bond motifs is 2. The Bertz CT molecular complexity index is 1570. The van der Waals surface area contributed by atoms with Gasteiger partial charge in [0.15, 0.2) is 5.82 Å². The van der Waals surface area contributed by atoms with E-state index in [0.29, 0.717) is 4.70 Å². The summed E-state index contributed by atoms with van der Waals surface area (Å²) >= 11 is 7.16. The molecule has 0 bridgehead atoms. The molecular formula is C21H12ClF2N5O4S. The van der Waals surface area contributed by atoms with Crippen molar-refractivity contribution in [2.45, 2.75) is 12.6 Å². The van der Waals surface area contributed by atoms with Gasteiger partial charge < -0.3 is 20.3 Å². The van der Waals surface area contributed by atoms with Crippen LogP contribution in [0.3, 0.4) is 0 Å². The Hall–Kier alpha value is -3.90. The number of carboxylic acids is 1. The lowest BCUT2D eigenvalue weighted by Gasteiger charge is -2.27. The number of nitrogens with zero attached hydrogens (tertiary/aromatic N) is 3. The topological polar surface area (TPSA) is 126 Å². The number of benzene rings is 2. The van der Waals surface area contributed by atoms with Crippen molar-refractivity contribution < 1.29 is 29.6 Å². The second-order valence-electron chi connectivity index (χ2n) is 7.20. The minimum atomic E-state index is -2.31. The number of aromatic nitrogens is 3. The van der Waals surface area contributed by atoms with E-state index >= 15 is 0 Å². The summed E-state index contributed by atoms with van der Waals surface area (Å²) in [6.07, 6.45) is 0. The van der Waals surface area contributed by atoms with Gasteiger partial charge in [0.2, 0.25) is 11.7 Å². The van der Waals surface area contributed by atoms with Crippen molar-refractivity contribution in [3.63, 3.8) is 0 Å². The fourth-order valence-electron chi connectivity index (χ4n) is 3.62. The molecule has 0 aliphatic carbocycles. The molecular weight excluding hydrogens is 492 g/mol. The highest BCUT2D eigenvalue weighted by Gasteiger charge is 2.36. The number of carbonyl (C=O) groups is 3. The Labute approximate surface area is 199 Å². The van der Waals surface area contributed by atoms with Gasteiger partial charge in [-0.2, -0.15) is 4.37 Å². The summed E-state index contributed by atoms with van der Waals surface area (Å²) in [6.45, 7) is -0.530. The minimum Gasteiger partial charge on any atom is -0.475 e. The number of hydrogen-bond acceptors (Lipinski definition) is 6. The van der Waals surface area contributed by atoms with Crippen LogP contribution in [0.4, 0.5) is 14.6 Å². The molecule has 2 aromatic carbocycles. The molecule has 1 aliphatic heterocycles. The van der Waals surface area contributed by atoms with Crippen molar-refractivity contribution in [2.75, 3.05) is 5.32 Å². The summed E-state index contributed by atoms with van der Waals surface area (Å²) in [5.41, 5.74) is -0.620. The molecule has 5 rings (SSSR count). The van der Waals surface area contributed by atoms with Crippen LogP contribution in [0.5, 0.6) is 0 Å². The number of rotatable bonds is 4. The Kier molecular flexibility index (Phi) is 4.96. The number of carbonyl (C=O) groups excluding carboxylic acids is 2. The monoisotopic (exact) mass is 504 g/mol. The van der Waals surface area contributed by atoms with E-state index in [-0.39, 0.29) is 33.2 Å². The molecule has 0 radical (unpaired) electrons. The molecule has 13 heteroatoms. The van der Waals surface area contributed by atoms with Gasteiger partial charge in [0.05, 0.1) is 17.8 Å². The number of nitrogens with one attached hydrogen (secondary N) is 2. The molecule has 0 saturated heterocycles. The molecule has 172 valence electrons. The summed E-state index contributed by atoms with van der Waals surface area (Å²) in [4.78, 5) is 41.3. The smallest absolute Gasteiger partial charge is 0.372 e. The number of hydrogen-bond donors (Lipinski definition) is 3. The first-order chi connectivity index (χ1) is 16.6. The van der Waals surface area contributed by atoms with Crippen molar-refractivity contribution in [2.24, 2.45) is 0 Å². The molecule has 0 saturated carbocycles. The van der Waals surface area contributed by atoms with Crippen molar-refractivity contribution in [3.05, 3.63) is 75.8 Å². The molecule has 0 unspecified atom stereocenters. The van der Waals surface area contributed by atoms with E-state index in [2.05, 4.69) is 20.0 Å². The summed E-state index contributed by atoms with van der Waals surface area (Å²) in [5.74, 6) is -5.52. The molecule has 4 aromatic rings. The largest absolute Gasteiger partial charge is 0.475 e. The molecule has 2 amide bonds. The summed E-state index contributed by atoms with van der Waals surface area (Å²) in [7, 11) is 0. The zero-order valence-electron chi connectivity index (χ0n) is 17.7. The van der Waals surface area contributed by atoms with Gasteiger partial charge in [-0.3, -0.25) is 9.59 Å². The highest BCUT2D eigenvalue weighted by atomic mass is 35.5. The van der Waals surface area contributed by atoms with Crippen LogP contribution < -0.4 is 10.6 Å². The van der Waals surface area contributed by atoms with Crippen LogP contribution in [-0.2, 0) is 11.3 Å². The minimum absolute atomic E-state index is 0.0912. The summed E-state index contributed by atoms with van der Waals surface area (Å²) in [5, 5.41) is 14.6. The Morgan fingerprint density at radius 3 is 2.76 bits per heavy atom. The normalized spacial score (nSPS) is 17.7. The zero-order valence-corrected chi connectivity index (χ0v) is 18.3. The van der Waals surface area contributed by atoms with Crippen LogP contribution in [0.25, 0.3) is 10.1 Å². The quantitative estimate of drug-likeness (QED) is 0.390. The standard InChI is InChI=1S/C21H12ClF2N5O4S/c22-12-3-1-8(23)5-10(12)15-17-18(26-19(21(32)33)29(17)7-14(30)25-15)27-20(31)16-11-6-9(24)2-4-13(11)34-28-16/h1-6,15H,7H2,(H,25,30)(H,27,31)(H,32,33)/t15-/m1/s1/i15D. The maximum atomic E-state index is 14.1. The van der Waals surface area contributed by atoms with Crippen molar-refractivity contribution in [1.29, 1.82) is 0 Å². The van der Waals surface area contributed by atoms with Gasteiger partial charge in [-0.05, 0) is 47.9 Å². The average Bonchev–Trinajstić information content (AvgIpc) is 3.37. The maximum Gasteiger partial charge on any atom is 0.372 e. The molecule has 2 aromatic heterocycles. The van der Waals surface area contributed by atoms with Crippen LogP contribution in [0.2, 0.25) is 5.02 Å². The fourth-order valence-corrected chi connectivity index (χ4v) is 4.58. The van der Waals surface area contributed by atoms with Gasteiger partial charge in [0.25, 0.3) is 5.91 Å². The van der Waals surface area contributed by atoms with Gasteiger partial charge in [-0.15, -0.1) is 0 Å². The lowest BCUT2D eigenvalue weighted by molar-refractivity contribution is -0.123. The predicted octanol–water partition coefficient (Wildman–Crippen LogP) is 3.59. The van der Waals surface area contributed by atoms with Gasteiger partial charge in [-0.25, -0.2) is 18.6 Å². The number of halogens is 3. The van der Waals surface area contributed by atoms with Gasteiger partial charge in [0, 0.05) is 16.0 Å². The van der Waals surface area contributed by atoms with E-state index in [1.165, 1.54) is 18.2 Å². The van der Waals surface area contributed by atoms with E-state index in [9.17, 15) is 28.3 Å². The second kappa shape index (κ2) is 8.15. The Morgan fingerprint density at radius 2 is 2.00 bits per heavy atom. The van der Waals surface area contributed by atoms with Crippen molar-refractivity contribution in [3.8, 4) is 0 Å². The van der Waals surface area contributed by atoms with Crippen LogP contribution in [0.15, 0.2) is 36.4 Å². The van der Waals surface area contributed by atoms with E-state index in [1.807, 2.05) is 0 Å². The molecule has 9 nitrogen and oxygen atoms in total. The third kappa shape index (κ3) is 3.66. The summed E-state index contributed by atoms with van der Waals surface area (Å²) in [6, 6.07) is 4.63. The first-order valence-corrected chi connectivity index (χ1v) is 10.7. The number of aromatic carboxylic acids is 1. The Morgan fingerprint density at radius 1 is 1.26 bits per heavy atom. The number of imidazole rings is 1. The molecule has 0 spiro atoms. The lowest BCUT2D eigenvalue weighted by Crippen LogP contribution is -2.40. The van der Waals surface area contributed by atoms with Gasteiger partial charge >= 0.3 is 5.97 Å². The first-order valence-electron chi connectivity index (χ1n) is 10.1. The van der Waals surface area contributed by atoms with Crippen LogP contribution >= 0.6 is 23.1 Å². The highest BCUT2D eigenvalue weighted by molar-refractivity contribution is 7.13. The Balaban J connectivity index is 1.68. The van der Waals surface area contributed by atoms with Crippen LogP contribution in [-0.4, -0.2) is 36.8 Å². The maximum absolute atomic E-state index is 14.1. The fraction of sp³-hybridized carbons (Fsp3) is 0.0952. The first kappa shape index (κ1) is 20.7. The van der Waals surface area contributed by atoms with Crippen molar-refractivity contribution >= 4 is 56.8 Å². The SMILES string of the molecule is [2H][C@]1(c2cc(F)ccc2Cl)NC(=O)Cn2c(C(=O)O)nc(NC(=O)c3nsc4ccc(F)cc34)c21. The molecule has 34 heavy (non-hydrogen) atoms. The number of anilines is 1. The van der Waals surface area contributed by atoms with Gasteiger partial charge in [-0.1, -0.05) is 11.6 Å². The van der Waals surface area contributed by atoms with Crippen molar-refractivity contribution in [1.82, 2.24) is 19.2 Å². The molecule has 3 heterocycles. The van der Waals surface area contributed by atoms with Gasteiger partial charge in [0.1, 0.15) is 23.9 Å². The van der Waals surface area contributed by atoms with E-state index in [0.717, 1.165) is 34.3 Å². The zero-order chi connectivity index (χ0) is 25.1.